The molecule has 2 heteroatoms. The van der Waals surface area contributed by atoms with Gasteiger partial charge in [0.05, 0.1) is 5.69 Å². The molecule has 0 radical (unpaired) electrons. The van der Waals surface area contributed by atoms with Gasteiger partial charge < -0.3 is 9.80 Å². The van der Waals surface area contributed by atoms with Gasteiger partial charge in [-0.05, 0) is 116 Å². The summed E-state index contributed by atoms with van der Waals surface area (Å²) in [4.78, 5) is 4.72. The highest BCUT2D eigenvalue weighted by atomic mass is 15.1. The van der Waals surface area contributed by atoms with Crippen LogP contribution < -0.4 is 9.80 Å². The third-order valence-electron chi connectivity index (χ3n) is 10.8. The standard InChI is InChI=1S/C54H44N2/c1-54(2,3)46-27-35-49(36-28-46)56(53-18-10-16-43-13-8-9-17-52(43)53)48-31-23-40(24-32-48)20-19-39-21-29-47(30-22-39)55(50-33-25-41-11-4-6-14-44(41)37-50)51-34-26-42-12-5-7-15-45(42)38-51/h4-38H,1-3H3/b20-19+. The maximum atomic E-state index is 2.37. The lowest BCUT2D eigenvalue weighted by Gasteiger charge is -2.28. The SMILES string of the molecule is CC(C)(C)c1ccc(N(c2ccc(/C=C/c3ccc(N(c4ccc5ccccc5c4)c4ccc5ccccc5c4)cc3)cc2)c2cccc3ccccc23)cc1. The average Bonchev–Trinajstić information content (AvgIpc) is 3.24. The molecule has 0 spiro atoms. The zero-order valence-corrected chi connectivity index (χ0v) is 32.1. The molecule has 0 amide bonds. The lowest BCUT2D eigenvalue weighted by Crippen LogP contribution is -2.13. The van der Waals surface area contributed by atoms with Gasteiger partial charge >= 0.3 is 0 Å². The summed E-state index contributed by atoms with van der Waals surface area (Å²) < 4.78 is 0. The number of benzene rings is 9. The van der Waals surface area contributed by atoms with Crippen molar-refractivity contribution < 1.29 is 0 Å². The van der Waals surface area contributed by atoms with E-state index in [-0.39, 0.29) is 5.41 Å². The molecule has 0 aromatic heterocycles. The highest BCUT2D eigenvalue weighted by molar-refractivity contribution is 5.99. The summed E-state index contributed by atoms with van der Waals surface area (Å²) in [5.74, 6) is 0. The first-order valence-corrected chi connectivity index (χ1v) is 19.4. The second kappa shape index (κ2) is 14.7. The van der Waals surface area contributed by atoms with Crippen molar-refractivity contribution in [2.24, 2.45) is 0 Å². The Balaban J connectivity index is 1.02. The number of nitrogens with zero attached hydrogens (tertiary/aromatic N) is 2. The zero-order valence-electron chi connectivity index (χ0n) is 32.1. The molecule has 0 unspecified atom stereocenters. The summed E-state index contributed by atoms with van der Waals surface area (Å²) in [5, 5.41) is 7.37. The minimum Gasteiger partial charge on any atom is -0.310 e. The molecule has 0 aliphatic rings. The van der Waals surface area contributed by atoms with Crippen LogP contribution in [0.4, 0.5) is 34.1 Å². The van der Waals surface area contributed by atoms with Gasteiger partial charge in [0.25, 0.3) is 0 Å². The van der Waals surface area contributed by atoms with E-state index in [0.29, 0.717) is 0 Å². The first-order valence-electron chi connectivity index (χ1n) is 19.4. The summed E-state index contributed by atoms with van der Waals surface area (Å²) in [6.07, 6.45) is 4.40. The van der Waals surface area contributed by atoms with Crippen LogP contribution in [0, 0.1) is 0 Å². The molecular weight excluding hydrogens is 677 g/mol. The lowest BCUT2D eigenvalue weighted by atomic mass is 9.87. The Labute approximate surface area is 330 Å². The Kier molecular flexibility index (Phi) is 9.17. The van der Waals surface area contributed by atoms with Gasteiger partial charge in [-0.25, -0.2) is 0 Å². The molecule has 0 heterocycles. The van der Waals surface area contributed by atoms with Gasteiger partial charge in [0.1, 0.15) is 0 Å². The monoisotopic (exact) mass is 720 g/mol. The highest BCUT2D eigenvalue weighted by Gasteiger charge is 2.18. The largest absolute Gasteiger partial charge is 0.310 e. The second-order valence-electron chi connectivity index (χ2n) is 15.5. The van der Waals surface area contributed by atoms with Crippen molar-refractivity contribution in [2.45, 2.75) is 26.2 Å². The minimum atomic E-state index is 0.0882. The maximum Gasteiger partial charge on any atom is 0.0540 e. The molecule has 9 rings (SSSR count). The fourth-order valence-electron chi connectivity index (χ4n) is 7.68. The summed E-state index contributed by atoms with van der Waals surface area (Å²) in [7, 11) is 0. The van der Waals surface area contributed by atoms with Gasteiger partial charge in [-0.1, -0.05) is 166 Å². The topological polar surface area (TPSA) is 6.48 Å². The van der Waals surface area contributed by atoms with E-state index in [1.165, 1.54) is 37.9 Å². The number of rotatable bonds is 8. The third kappa shape index (κ3) is 7.06. The molecule has 0 bridgehead atoms. The number of hydrogen-bond acceptors (Lipinski definition) is 2. The van der Waals surface area contributed by atoms with E-state index in [1.54, 1.807) is 0 Å². The minimum absolute atomic E-state index is 0.0882. The Morgan fingerprint density at radius 2 is 0.750 bits per heavy atom. The van der Waals surface area contributed by atoms with Crippen molar-refractivity contribution >= 4 is 78.6 Å². The summed E-state index contributed by atoms with van der Waals surface area (Å²) >= 11 is 0. The smallest absolute Gasteiger partial charge is 0.0540 e. The summed E-state index contributed by atoms with van der Waals surface area (Å²) in [5.41, 5.74) is 10.5. The molecule has 270 valence electrons. The van der Waals surface area contributed by atoms with Crippen molar-refractivity contribution in [2.75, 3.05) is 9.80 Å². The molecule has 0 aliphatic heterocycles. The molecule has 0 atom stereocenters. The number of hydrogen-bond donors (Lipinski definition) is 0. The first kappa shape index (κ1) is 34.8. The molecule has 0 saturated carbocycles. The Bertz CT molecular complexity index is 2740. The summed E-state index contributed by atoms with van der Waals surface area (Å²) in [6.45, 7) is 6.79. The maximum absolute atomic E-state index is 2.37. The molecule has 9 aromatic rings. The van der Waals surface area contributed by atoms with Crippen LogP contribution in [0.25, 0.3) is 44.5 Å². The van der Waals surface area contributed by atoms with Crippen molar-refractivity contribution in [1.29, 1.82) is 0 Å². The van der Waals surface area contributed by atoms with Crippen LogP contribution in [-0.4, -0.2) is 0 Å². The molecule has 9 aromatic carbocycles. The quantitative estimate of drug-likeness (QED) is 0.144. The van der Waals surface area contributed by atoms with E-state index in [2.05, 4.69) is 243 Å². The predicted octanol–water partition coefficient (Wildman–Crippen LogP) is 15.6. The van der Waals surface area contributed by atoms with Crippen molar-refractivity contribution in [1.82, 2.24) is 0 Å². The Morgan fingerprint density at radius 1 is 0.339 bits per heavy atom. The lowest BCUT2D eigenvalue weighted by molar-refractivity contribution is 0.590. The van der Waals surface area contributed by atoms with Crippen LogP contribution in [0.1, 0.15) is 37.5 Å². The van der Waals surface area contributed by atoms with Gasteiger partial charge in [0, 0.05) is 33.8 Å². The molecule has 0 N–H and O–H groups in total. The van der Waals surface area contributed by atoms with Crippen LogP contribution in [0.3, 0.4) is 0 Å². The van der Waals surface area contributed by atoms with E-state index in [4.69, 9.17) is 0 Å². The number of anilines is 6. The summed E-state index contributed by atoms with van der Waals surface area (Å²) in [6, 6.07) is 72.5. The van der Waals surface area contributed by atoms with Gasteiger partial charge in [-0.2, -0.15) is 0 Å². The van der Waals surface area contributed by atoms with Gasteiger partial charge in [0.2, 0.25) is 0 Å². The van der Waals surface area contributed by atoms with Crippen molar-refractivity contribution in [3.63, 3.8) is 0 Å². The second-order valence-corrected chi connectivity index (χ2v) is 15.5. The highest BCUT2D eigenvalue weighted by Crippen LogP contribution is 2.41. The normalized spacial score (nSPS) is 11.8. The Hall–Kier alpha value is -6.90. The van der Waals surface area contributed by atoms with E-state index in [1.807, 2.05) is 0 Å². The molecule has 0 aliphatic carbocycles. The predicted molar refractivity (Wildman–Crippen MR) is 242 cm³/mol. The average molecular weight is 721 g/mol. The van der Waals surface area contributed by atoms with Crippen LogP contribution >= 0.6 is 0 Å². The van der Waals surface area contributed by atoms with Crippen LogP contribution in [-0.2, 0) is 5.41 Å². The van der Waals surface area contributed by atoms with Gasteiger partial charge in [-0.15, -0.1) is 0 Å². The van der Waals surface area contributed by atoms with Crippen LogP contribution in [0.15, 0.2) is 200 Å². The van der Waals surface area contributed by atoms with E-state index in [9.17, 15) is 0 Å². The molecular formula is C54H44N2. The molecule has 56 heavy (non-hydrogen) atoms. The zero-order chi connectivity index (χ0) is 38.1. The third-order valence-corrected chi connectivity index (χ3v) is 10.8. The van der Waals surface area contributed by atoms with Crippen molar-refractivity contribution in [3.05, 3.63) is 217 Å². The fourth-order valence-corrected chi connectivity index (χ4v) is 7.68. The first-order chi connectivity index (χ1) is 27.4. The van der Waals surface area contributed by atoms with Gasteiger partial charge in [0.15, 0.2) is 0 Å². The fraction of sp³-hybridized carbons (Fsp3) is 0.0741. The molecule has 2 nitrogen and oxygen atoms in total. The molecule has 0 fully saturated rings. The number of fused-ring (bicyclic) bond motifs is 3. The van der Waals surface area contributed by atoms with E-state index >= 15 is 0 Å². The van der Waals surface area contributed by atoms with Crippen LogP contribution in [0.5, 0.6) is 0 Å². The molecule has 0 saturated heterocycles. The van der Waals surface area contributed by atoms with Gasteiger partial charge in [-0.3, -0.25) is 0 Å². The van der Waals surface area contributed by atoms with E-state index in [0.717, 1.165) is 45.3 Å². The Morgan fingerprint density at radius 3 is 1.27 bits per heavy atom. The van der Waals surface area contributed by atoms with E-state index < -0.39 is 0 Å². The van der Waals surface area contributed by atoms with Crippen molar-refractivity contribution in [3.8, 4) is 0 Å². The van der Waals surface area contributed by atoms with Crippen LogP contribution in [0.2, 0.25) is 0 Å².